The summed E-state index contributed by atoms with van der Waals surface area (Å²) in [6.45, 7) is 2.84. The van der Waals surface area contributed by atoms with Crippen LogP contribution in [0.15, 0.2) is 46.3 Å². The Bertz CT molecular complexity index is 1650. The molecule has 12 nitrogen and oxygen atoms in total. The molecule has 0 bridgehead atoms. The topological polar surface area (TPSA) is 153 Å². The smallest absolute Gasteiger partial charge is 0.409 e. The lowest BCUT2D eigenvalue weighted by atomic mass is 10.1. The minimum absolute atomic E-state index is 0.0340. The van der Waals surface area contributed by atoms with Gasteiger partial charge in [0.2, 0.25) is 5.88 Å². The summed E-state index contributed by atoms with van der Waals surface area (Å²) in [5.41, 5.74) is 2.11. The van der Waals surface area contributed by atoms with Gasteiger partial charge in [-0.15, -0.1) is 0 Å². The molecule has 0 radical (unpaired) electrons. The average molecular weight is 525 g/mol. The molecule has 4 N–H and O–H groups in total. The number of likely N-dealkylation sites (tertiary alicyclic amines) is 1. The maximum Gasteiger partial charge on any atom is 0.409 e. The number of rotatable bonds is 4. The average Bonchev–Trinajstić information content (AvgIpc) is 3.46. The Kier molecular flexibility index (Phi) is 6.57. The van der Waals surface area contributed by atoms with Gasteiger partial charge in [-0.3, -0.25) is 9.98 Å². The Hall–Kier alpha value is -4.32. The van der Waals surface area contributed by atoms with Gasteiger partial charge >= 0.3 is 11.8 Å². The second-order valence-corrected chi connectivity index (χ2v) is 9.11. The van der Waals surface area contributed by atoms with Crippen LogP contribution in [-0.4, -0.2) is 66.9 Å². The first-order valence-electron chi connectivity index (χ1n) is 11.6. The number of carbonyl (C=O) groups is 1. The highest BCUT2D eigenvalue weighted by atomic mass is 35.5. The first-order valence-corrected chi connectivity index (χ1v) is 12.0. The highest BCUT2D eigenvalue weighted by Crippen LogP contribution is 2.20. The van der Waals surface area contributed by atoms with E-state index in [0.29, 0.717) is 58.7 Å². The first kappa shape index (κ1) is 24.4. The second kappa shape index (κ2) is 9.97. The first-order chi connectivity index (χ1) is 17.8. The number of hydrogen-bond donors (Lipinski definition) is 4. The van der Waals surface area contributed by atoms with Crippen molar-refractivity contribution in [2.24, 2.45) is 4.99 Å². The predicted molar refractivity (Wildman–Crippen MR) is 137 cm³/mol. The van der Waals surface area contributed by atoms with Gasteiger partial charge in [0, 0.05) is 35.1 Å². The highest BCUT2D eigenvalue weighted by molar-refractivity contribution is 6.30. The normalized spacial score (nSPS) is 15.8. The molecule has 0 atom stereocenters. The Labute approximate surface area is 215 Å². The molecule has 3 aromatic heterocycles. The zero-order valence-corrected chi connectivity index (χ0v) is 20.9. The zero-order valence-electron chi connectivity index (χ0n) is 20.2. The van der Waals surface area contributed by atoms with Crippen LogP contribution >= 0.6 is 11.6 Å². The van der Waals surface area contributed by atoms with Gasteiger partial charge in [0.05, 0.1) is 19.3 Å². The Morgan fingerprint density at radius 2 is 2.05 bits per heavy atom. The summed E-state index contributed by atoms with van der Waals surface area (Å²) in [7, 11) is 1.37. The van der Waals surface area contributed by atoms with Crippen molar-refractivity contribution >= 4 is 40.4 Å². The van der Waals surface area contributed by atoms with Crippen LogP contribution < -0.4 is 21.7 Å². The monoisotopic (exact) mass is 524 g/mol. The number of aromatic amines is 2. The van der Waals surface area contributed by atoms with Crippen LogP contribution in [0.5, 0.6) is 5.88 Å². The molecule has 1 saturated heterocycles. The molecule has 1 aromatic carbocycles. The molecule has 1 aliphatic heterocycles. The number of aromatic nitrogens is 5. The van der Waals surface area contributed by atoms with Crippen molar-refractivity contribution in [2.75, 3.05) is 25.5 Å². The standard InChI is InChI=1S/C24H25ClN8O4/c1-13(20-22(34)31-23(35)30-20)17-12-26-33-19(28-15-6-8-32(9-7-15)24(36)37-2)11-18(29-21(17)33)27-16-5-3-4-14(25)10-16/h3-5,10-12,15,27,34H,6-9H2,1-2H3,(H2,30,31,35). The highest BCUT2D eigenvalue weighted by Gasteiger charge is 2.23. The van der Waals surface area contributed by atoms with Crippen molar-refractivity contribution in [3.05, 3.63) is 68.4 Å². The molecule has 13 heteroatoms. The van der Waals surface area contributed by atoms with Crippen LogP contribution in [0.1, 0.15) is 25.5 Å². The fourth-order valence-electron chi connectivity index (χ4n) is 4.36. The number of aromatic hydroxyl groups is 1. The van der Waals surface area contributed by atoms with Gasteiger partial charge in [0.25, 0.3) is 0 Å². The van der Waals surface area contributed by atoms with Crippen molar-refractivity contribution in [3.63, 3.8) is 0 Å². The molecular weight excluding hydrogens is 500 g/mol. The van der Waals surface area contributed by atoms with E-state index in [1.807, 2.05) is 12.1 Å². The number of hydrogen-bond acceptors (Lipinski definition) is 8. The number of fused-ring (bicyclic) bond motifs is 1. The summed E-state index contributed by atoms with van der Waals surface area (Å²) in [4.78, 5) is 39.8. The van der Waals surface area contributed by atoms with Crippen molar-refractivity contribution in [1.29, 1.82) is 0 Å². The fraction of sp³-hybridized carbons (Fsp3) is 0.292. The third-order valence-electron chi connectivity index (χ3n) is 6.25. The Morgan fingerprint density at radius 1 is 1.27 bits per heavy atom. The zero-order chi connectivity index (χ0) is 26.1. The quantitative estimate of drug-likeness (QED) is 0.318. The van der Waals surface area contributed by atoms with E-state index in [2.05, 4.69) is 20.4 Å². The molecule has 1 amide bonds. The van der Waals surface area contributed by atoms with Gasteiger partial charge in [-0.05, 0) is 43.5 Å². The number of benzene rings is 1. The van der Waals surface area contributed by atoms with Gasteiger partial charge in [-0.1, -0.05) is 17.7 Å². The van der Waals surface area contributed by atoms with Gasteiger partial charge in [0.1, 0.15) is 11.5 Å². The van der Waals surface area contributed by atoms with Crippen LogP contribution in [0.25, 0.3) is 11.2 Å². The van der Waals surface area contributed by atoms with Gasteiger partial charge in [-0.2, -0.15) is 9.61 Å². The lowest BCUT2D eigenvalue weighted by Gasteiger charge is -2.28. The summed E-state index contributed by atoms with van der Waals surface area (Å²) in [5.74, 6) is 0.249. The van der Waals surface area contributed by atoms with Gasteiger partial charge < -0.3 is 25.0 Å². The summed E-state index contributed by atoms with van der Waals surface area (Å²) < 4.78 is 6.45. The van der Waals surface area contributed by atoms with Crippen molar-refractivity contribution in [1.82, 2.24) is 29.5 Å². The number of carbonyl (C=O) groups excluding carboxylic acids is 1. The van der Waals surface area contributed by atoms with E-state index >= 15 is 0 Å². The van der Waals surface area contributed by atoms with Crippen LogP contribution in [-0.2, 0) is 4.74 Å². The number of nitrogens with zero attached hydrogens (tertiary/aromatic N) is 5. The number of piperidine rings is 1. The molecule has 37 heavy (non-hydrogen) atoms. The van der Waals surface area contributed by atoms with Crippen LogP contribution in [0.4, 0.5) is 16.3 Å². The molecule has 5 rings (SSSR count). The minimum Gasteiger partial charge on any atom is -0.493 e. The molecule has 0 saturated carbocycles. The summed E-state index contributed by atoms with van der Waals surface area (Å²) in [5, 5.41) is 19.1. The van der Waals surface area contributed by atoms with Crippen LogP contribution in [0.2, 0.25) is 5.02 Å². The predicted octanol–water partition coefficient (Wildman–Crippen LogP) is 1.92. The van der Waals surface area contributed by atoms with Crippen molar-refractivity contribution in [2.45, 2.75) is 25.8 Å². The SMILES string of the molecule is COC(=O)N1CCC(N=c2cc(Nc3cccc(Cl)c3)nc3c(=C(C)c4[nH]c(=O)[nH]c4O)cnn23)CC1. The summed E-state index contributed by atoms with van der Waals surface area (Å²) in [6, 6.07) is 9.02. The molecule has 0 unspecified atom stereocenters. The van der Waals surface area contributed by atoms with Crippen LogP contribution in [0.3, 0.4) is 0 Å². The Balaban J connectivity index is 1.62. The summed E-state index contributed by atoms with van der Waals surface area (Å²) in [6.07, 6.45) is 2.62. The number of imidazole rings is 1. The van der Waals surface area contributed by atoms with Gasteiger partial charge in [-0.25, -0.2) is 14.6 Å². The molecule has 0 spiro atoms. The maximum atomic E-state index is 11.8. The number of H-pyrrole nitrogens is 2. The van der Waals surface area contributed by atoms with E-state index < -0.39 is 5.69 Å². The van der Waals surface area contributed by atoms with E-state index in [1.54, 1.807) is 40.7 Å². The number of ether oxygens (including phenoxy) is 1. The van der Waals surface area contributed by atoms with Crippen molar-refractivity contribution in [3.8, 4) is 5.88 Å². The van der Waals surface area contributed by atoms with Crippen LogP contribution in [0, 0.1) is 0 Å². The molecule has 1 fully saturated rings. The Morgan fingerprint density at radius 3 is 2.73 bits per heavy atom. The number of halogens is 1. The molecular formula is C24H25ClN8O4. The van der Waals surface area contributed by atoms with E-state index in [4.69, 9.17) is 26.3 Å². The molecule has 192 valence electrons. The number of nitrogens with one attached hydrogen (secondary N) is 3. The third kappa shape index (κ3) is 5.00. The lowest BCUT2D eigenvalue weighted by molar-refractivity contribution is 0.112. The largest absolute Gasteiger partial charge is 0.493 e. The third-order valence-corrected chi connectivity index (χ3v) is 6.48. The maximum absolute atomic E-state index is 11.8. The second-order valence-electron chi connectivity index (χ2n) is 8.67. The molecule has 0 aliphatic carbocycles. The number of methoxy groups -OCH3 is 1. The number of amides is 1. The van der Waals surface area contributed by atoms with Crippen molar-refractivity contribution < 1.29 is 14.6 Å². The van der Waals surface area contributed by atoms with E-state index in [0.717, 1.165) is 5.69 Å². The molecule has 4 aromatic rings. The number of anilines is 2. The minimum atomic E-state index is -0.520. The fourth-order valence-corrected chi connectivity index (χ4v) is 4.55. The molecule has 1 aliphatic rings. The molecule has 4 heterocycles. The van der Waals surface area contributed by atoms with E-state index in [1.165, 1.54) is 7.11 Å². The summed E-state index contributed by atoms with van der Waals surface area (Å²) >= 11 is 6.16. The lowest BCUT2D eigenvalue weighted by Crippen LogP contribution is -2.40. The van der Waals surface area contributed by atoms with E-state index in [-0.39, 0.29) is 23.7 Å². The van der Waals surface area contributed by atoms with Gasteiger partial charge in [0.15, 0.2) is 11.1 Å². The van der Waals surface area contributed by atoms with E-state index in [9.17, 15) is 14.7 Å².